The molecule has 3 rings (SSSR count). The lowest BCUT2D eigenvalue weighted by Gasteiger charge is -2.09. The van der Waals surface area contributed by atoms with Crippen LogP contribution in [0.15, 0.2) is 44.9 Å². The molecule has 27 heavy (non-hydrogen) atoms. The minimum Gasteiger partial charge on any atom is -0.496 e. The van der Waals surface area contributed by atoms with Crippen LogP contribution in [0.3, 0.4) is 0 Å². The van der Waals surface area contributed by atoms with Crippen molar-refractivity contribution in [3.63, 3.8) is 0 Å². The molecular weight excluding hydrogens is 420 g/mol. The van der Waals surface area contributed by atoms with Gasteiger partial charge >= 0.3 is 12.0 Å². The summed E-state index contributed by atoms with van der Waals surface area (Å²) < 4.78 is 15.9. The highest BCUT2D eigenvalue weighted by Gasteiger charge is 2.34. The van der Waals surface area contributed by atoms with Crippen molar-refractivity contribution in [2.75, 3.05) is 14.2 Å². The van der Waals surface area contributed by atoms with Crippen molar-refractivity contribution in [3.8, 4) is 5.75 Å². The number of ether oxygens (including phenoxy) is 2. The SMILES string of the molecule is COC(=O)c1ccc(CN2C(=O)N/C(=C\c3cc(Br)ccc3OC)C2=O)o1. The topological polar surface area (TPSA) is 98.1 Å². The molecule has 0 saturated carbocycles. The molecule has 1 N–H and O–H groups in total. The van der Waals surface area contributed by atoms with Crippen LogP contribution < -0.4 is 10.1 Å². The number of rotatable bonds is 5. The van der Waals surface area contributed by atoms with Gasteiger partial charge in [0, 0.05) is 10.0 Å². The van der Waals surface area contributed by atoms with Gasteiger partial charge in [-0.2, -0.15) is 0 Å². The quantitative estimate of drug-likeness (QED) is 0.441. The van der Waals surface area contributed by atoms with Gasteiger partial charge in [-0.15, -0.1) is 0 Å². The van der Waals surface area contributed by atoms with E-state index in [0.717, 1.165) is 9.37 Å². The number of carbonyl (C=O) groups excluding carboxylic acids is 3. The van der Waals surface area contributed by atoms with Gasteiger partial charge in [-0.25, -0.2) is 9.59 Å². The Morgan fingerprint density at radius 2 is 2.04 bits per heavy atom. The van der Waals surface area contributed by atoms with Crippen molar-refractivity contribution >= 4 is 39.9 Å². The molecule has 140 valence electrons. The number of hydrogen-bond acceptors (Lipinski definition) is 6. The lowest BCUT2D eigenvalue weighted by atomic mass is 10.1. The average Bonchev–Trinajstić information content (AvgIpc) is 3.22. The number of urea groups is 1. The maximum Gasteiger partial charge on any atom is 0.373 e. The summed E-state index contributed by atoms with van der Waals surface area (Å²) in [6.45, 7) is -0.116. The van der Waals surface area contributed by atoms with E-state index in [2.05, 4.69) is 26.0 Å². The predicted octanol–water partition coefficient (Wildman–Crippen LogP) is 2.93. The van der Waals surface area contributed by atoms with E-state index in [1.54, 1.807) is 18.2 Å². The minimum atomic E-state index is -0.638. The Labute approximate surface area is 162 Å². The molecule has 1 aromatic carbocycles. The van der Waals surface area contributed by atoms with E-state index in [9.17, 15) is 14.4 Å². The standard InChI is InChI=1S/C18H15BrN2O6/c1-25-14-5-3-11(19)7-10(14)8-13-16(22)21(18(24)20-13)9-12-4-6-15(27-12)17(23)26-2/h3-8H,9H2,1-2H3,(H,20,24)/b13-8-. The summed E-state index contributed by atoms with van der Waals surface area (Å²) in [6, 6.07) is 7.65. The van der Waals surface area contributed by atoms with Crippen LogP contribution in [0.5, 0.6) is 5.75 Å². The van der Waals surface area contributed by atoms with Crippen LogP contribution >= 0.6 is 15.9 Å². The third-order valence-electron chi connectivity index (χ3n) is 3.82. The molecule has 1 aromatic heterocycles. The number of imide groups is 1. The van der Waals surface area contributed by atoms with Crippen LogP contribution in [0.4, 0.5) is 4.79 Å². The number of halogens is 1. The summed E-state index contributed by atoms with van der Waals surface area (Å²) in [5, 5.41) is 2.53. The minimum absolute atomic E-state index is 0.00538. The molecule has 0 bridgehead atoms. The maximum atomic E-state index is 12.6. The predicted molar refractivity (Wildman–Crippen MR) is 97.8 cm³/mol. The number of benzene rings is 1. The number of esters is 1. The summed E-state index contributed by atoms with van der Waals surface area (Å²) in [5.74, 6) is -0.326. The second-order valence-electron chi connectivity index (χ2n) is 5.52. The molecule has 1 saturated heterocycles. The summed E-state index contributed by atoms with van der Waals surface area (Å²) in [4.78, 5) is 37.2. The fourth-order valence-electron chi connectivity index (χ4n) is 2.52. The first-order valence-electron chi connectivity index (χ1n) is 7.78. The van der Waals surface area contributed by atoms with Gasteiger partial charge in [0.25, 0.3) is 5.91 Å². The number of amides is 3. The van der Waals surface area contributed by atoms with Gasteiger partial charge in [-0.05, 0) is 36.4 Å². The number of hydrogen-bond donors (Lipinski definition) is 1. The molecule has 9 heteroatoms. The largest absolute Gasteiger partial charge is 0.496 e. The number of nitrogens with one attached hydrogen (secondary N) is 1. The Bertz CT molecular complexity index is 949. The molecule has 3 amide bonds. The van der Waals surface area contributed by atoms with Gasteiger partial charge in [0.05, 0.1) is 20.8 Å². The fraction of sp³-hybridized carbons (Fsp3) is 0.167. The molecule has 0 unspecified atom stereocenters. The lowest BCUT2D eigenvalue weighted by Crippen LogP contribution is -2.30. The third-order valence-corrected chi connectivity index (χ3v) is 4.31. The molecule has 2 aromatic rings. The van der Waals surface area contributed by atoms with E-state index in [0.29, 0.717) is 11.3 Å². The Morgan fingerprint density at radius 1 is 1.26 bits per heavy atom. The molecule has 0 aliphatic carbocycles. The van der Waals surface area contributed by atoms with Gasteiger partial charge < -0.3 is 19.2 Å². The van der Waals surface area contributed by atoms with Crippen LogP contribution in [0.2, 0.25) is 0 Å². The van der Waals surface area contributed by atoms with Crippen molar-refractivity contribution < 1.29 is 28.3 Å². The van der Waals surface area contributed by atoms with E-state index < -0.39 is 17.9 Å². The van der Waals surface area contributed by atoms with Crippen molar-refractivity contribution in [3.05, 3.63) is 57.6 Å². The molecule has 1 fully saturated rings. The summed E-state index contributed by atoms with van der Waals surface area (Å²) in [5.41, 5.74) is 0.736. The van der Waals surface area contributed by atoms with E-state index >= 15 is 0 Å². The molecular formula is C18H15BrN2O6. The second kappa shape index (κ2) is 7.67. The lowest BCUT2D eigenvalue weighted by molar-refractivity contribution is -0.123. The van der Waals surface area contributed by atoms with Crippen LogP contribution in [0, 0.1) is 0 Å². The molecule has 8 nitrogen and oxygen atoms in total. The molecule has 0 spiro atoms. The first kappa shape index (κ1) is 18.7. The molecule has 1 aliphatic rings. The van der Waals surface area contributed by atoms with E-state index in [4.69, 9.17) is 9.15 Å². The Hall–Kier alpha value is -3.07. The van der Waals surface area contributed by atoms with Crippen LogP contribution in [-0.2, 0) is 16.1 Å². The smallest absolute Gasteiger partial charge is 0.373 e. The van der Waals surface area contributed by atoms with Gasteiger partial charge in [0.1, 0.15) is 17.2 Å². The fourth-order valence-corrected chi connectivity index (χ4v) is 2.90. The molecule has 2 heterocycles. The zero-order valence-corrected chi connectivity index (χ0v) is 16.0. The Morgan fingerprint density at radius 3 is 2.74 bits per heavy atom. The van der Waals surface area contributed by atoms with Gasteiger partial charge in [0.2, 0.25) is 5.76 Å². The van der Waals surface area contributed by atoms with Crippen molar-refractivity contribution in [2.24, 2.45) is 0 Å². The molecule has 1 aliphatic heterocycles. The number of carbonyl (C=O) groups is 3. The average molecular weight is 435 g/mol. The van der Waals surface area contributed by atoms with Crippen molar-refractivity contribution in [1.82, 2.24) is 10.2 Å². The van der Waals surface area contributed by atoms with E-state index in [-0.39, 0.29) is 23.8 Å². The first-order chi connectivity index (χ1) is 12.9. The van der Waals surface area contributed by atoms with Crippen LogP contribution in [0.25, 0.3) is 6.08 Å². The van der Waals surface area contributed by atoms with E-state index in [1.807, 2.05) is 0 Å². The van der Waals surface area contributed by atoms with Crippen LogP contribution in [0.1, 0.15) is 21.9 Å². The van der Waals surface area contributed by atoms with Crippen molar-refractivity contribution in [1.29, 1.82) is 0 Å². The number of nitrogens with zero attached hydrogens (tertiary/aromatic N) is 1. The van der Waals surface area contributed by atoms with Gasteiger partial charge in [-0.3, -0.25) is 9.69 Å². The highest BCUT2D eigenvalue weighted by molar-refractivity contribution is 9.10. The first-order valence-corrected chi connectivity index (χ1v) is 8.57. The summed E-state index contributed by atoms with van der Waals surface area (Å²) in [7, 11) is 2.75. The van der Waals surface area contributed by atoms with Gasteiger partial charge in [-0.1, -0.05) is 15.9 Å². The van der Waals surface area contributed by atoms with Gasteiger partial charge in [0.15, 0.2) is 0 Å². The number of methoxy groups -OCH3 is 2. The van der Waals surface area contributed by atoms with Crippen LogP contribution in [-0.4, -0.2) is 37.0 Å². The number of furan rings is 1. The highest BCUT2D eigenvalue weighted by atomic mass is 79.9. The molecule has 0 atom stereocenters. The zero-order valence-electron chi connectivity index (χ0n) is 14.4. The Balaban J connectivity index is 1.82. The zero-order chi connectivity index (χ0) is 19.6. The monoisotopic (exact) mass is 434 g/mol. The third kappa shape index (κ3) is 3.87. The maximum absolute atomic E-state index is 12.6. The Kier molecular flexibility index (Phi) is 5.31. The second-order valence-corrected chi connectivity index (χ2v) is 6.44. The van der Waals surface area contributed by atoms with E-state index in [1.165, 1.54) is 32.4 Å². The summed E-state index contributed by atoms with van der Waals surface area (Å²) in [6.07, 6.45) is 1.53. The summed E-state index contributed by atoms with van der Waals surface area (Å²) >= 11 is 3.36. The van der Waals surface area contributed by atoms with Crippen molar-refractivity contribution in [2.45, 2.75) is 6.54 Å². The normalized spacial score (nSPS) is 15.2. The highest BCUT2D eigenvalue weighted by Crippen LogP contribution is 2.26. The molecule has 0 radical (unpaired) electrons.